The van der Waals surface area contributed by atoms with Crippen molar-refractivity contribution < 1.29 is 4.79 Å². The molecule has 0 saturated carbocycles. The number of pyridine rings is 1. The van der Waals surface area contributed by atoms with Crippen molar-refractivity contribution in [3.05, 3.63) is 52.5 Å². The Morgan fingerprint density at radius 3 is 2.81 bits per heavy atom. The summed E-state index contributed by atoms with van der Waals surface area (Å²) in [7, 11) is 0. The molecule has 0 aromatic carbocycles. The van der Waals surface area contributed by atoms with Crippen LogP contribution in [0, 0.1) is 0 Å². The third kappa shape index (κ3) is 3.18. The van der Waals surface area contributed by atoms with Crippen molar-refractivity contribution in [3.8, 4) is 0 Å². The Balaban J connectivity index is 1.90. The fourth-order valence-corrected chi connectivity index (χ4v) is 3.27. The van der Waals surface area contributed by atoms with Gasteiger partial charge in [-0.2, -0.15) is 0 Å². The predicted molar refractivity (Wildman–Crippen MR) is 85.0 cm³/mol. The van der Waals surface area contributed by atoms with Crippen LogP contribution in [0.3, 0.4) is 0 Å². The van der Waals surface area contributed by atoms with Crippen LogP contribution < -0.4 is 0 Å². The van der Waals surface area contributed by atoms with Gasteiger partial charge in [-0.15, -0.1) is 0 Å². The monoisotopic (exact) mass is 347 g/mol. The predicted octanol–water partition coefficient (Wildman–Crippen LogP) is 3.93. The highest BCUT2D eigenvalue weighted by atomic mass is 79.9. The van der Waals surface area contributed by atoms with E-state index in [0.29, 0.717) is 5.69 Å². The molecule has 1 aliphatic rings. The highest BCUT2D eigenvalue weighted by Gasteiger charge is 2.28. The number of carbonyl (C=O) groups excluding carboxylic acids is 1. The van der Waals surface area contributed by atoms with E-state index in [1.807, 2.05) is 23.1 Å². The maximum atomic E-state index is 12.8. The fraction of sp³-hybridized carbons (Fsp3) is 0.375. The van der Waals surface area contributed by atoms with Crippen LogP contribution in [0.2, 0.25) is 0 Å². The average molecular weight is 348 g/mol. The van der Waals surface area contributed by atoms with Gasteiger partial charge in [0.05, 0.1) is 6.04 Å². The van der Waals surface area contributed by atoms with E-state index in [4.69, 9.17) is 0 Å². The molecular weight excluding hydrogens is 330 g/mol. The molecule has 3 heterocycles. The van der Waals surface area contributed by atoms with E-state index < -0.39 is 0 Å². The first-order chi connectivity index (χ1) is 10.3. The minimum atomic E-state index is 0.0735. The van der Waals surface area contributed by atoms with Gasteiger partial charge in [0.1, 0.15) is 5.69 Å². The lowest BCUT2D eigenvalue weighted by Crippen LogP contribution is -2.35. The molecule has 0 aliphatic carbocycles. The minimum absolute atomic E-state index is 0.0735. The number of hydrogen-bond acceptors (Lipinski definition) is 2. The molecule has 1 amide bonds. The molecular formula is C16H18BrN3O. The number of likely N-dealkylation sites (tertiary alicyclic amines) is 1. The van der Waals surface area contributed by atoms with Crippen LogP contribution in [0.15, 0.2) is 41.3 Å². The maximum Gasteiger partial charge on any atom is 0.270 e. The third-order valence-corrected chi connectivity index (χ3v) is 4.44. The second kappa shape index (κ2) is 6.43. The molecule has 0 unspecified atom stereocenters. The first-order valence-electron chi connectivity index (χ1n) is 7.30. The van der Waals surface area contributed by atoms with Crippen LogP contribution in [0.1, 0.15) is 47.8 Å². The number of nitrogens with one attached hydrogen (secondary N) is 1. The Hall–Kier alpha value is -1.62. The summed E-state index contributed by atoms with van der Waals surface area (Å²) >= 11 is 3.39. The summed E-state index contributed by atoms with van der Waals surface area (Å²) in [5.41, 5.74) is 1.81. The lowest BCUT2D eigenvalue weighted by atomic mass is 10.0. The molecule has 1 aliphatic heterocycles. The van der Waals surface area contributed by atoms with Crippen LogP contribution >= 0.6 is 15.9 Å². The van der Waals surface area contributed by atoms with Gasteiger partial charge in [0.2, 0.25) is 0 Å². The number of nitrogens with zero attached hydrogens (tertiary/aromatic N) is 2. The van der Waals surface area contributed by atoms with E-state index in [1.54, 1.807) is 18.6 Å². The van der Waals surface area contributed by atoms with Crippen LogP contribution in [0.5, 0.6) is 0 Å². The van der Waals surface area contributed by atoms with Crippen LogP contribution in [0.4, 0.5) is 0 Å². The fourth-order valence-electron chi connectivity index (χ4n) is 2.93. The standard InChI is InChI=1S/C16H18BrN3O/c17-13-10-14(19-11-13)16(21)20-9-3-1-2-4-15(20)12-5-7-18-8-6-12/h5-8,10-11,15,19H,1-4,9H2/t15-/m1/s1. The summed E-state index contributed by atoms with van der Waals surface area (Å²) in [6.07, 6.45) is 9.81. The molecule has 21 heavy (non-hydrogen) atoms. The molecule has 2 aromatic heterocycles. The number of halogens is 1. The molecule has 110 valence electrons. The summed E-state index contributed by atoms with van der Waals surface area (Å²) in [5.74, 6) is 0.0735. The number of amides is 1. The summed E-state index contributed by atoms with van der Waals surface area (Å²) in [5, 5.41) is 0. The Morgan fingerprint density at radius 1 is 1.29 bits per heavy atom. The van der Waals surface area contributed by atoms with Crippen molar-refractivity contribution in [3.63, 3.8) is 0 Å². The van der Waals surface area contributed by atoms with Crippen molar-refractivity contribution in [1.29, 1.82) is 0 Å². The van der Waals surface area contributed by atoms with Gasteiger partial charge in [-0.3, -0.25) is 9.78 Å². The normalized spacial score (nSPS) is 19.3. The van der Waals surface area contributed by atoms with Crippen LogP contribution in [-0.2, 0) is 0 Å². The molecule has 5 heteroatoms. The Morgan fingerprint density at radius 2 is 2.10 bits per heavy atom. The van der Waals surface area contributed by atoms with Crippen molar-refractivity contribution in [2.75, 3.05) is 6.54 Å². The largest absolute Gasteiger partial charge is 0.356 e. The molecule has 1 N–H and O–H groups in total. The SMILES string of the molecule is O=C(c1cc(Br)c[nH]1)N1CCCCC[C@@H]1c1ccncc1. The van der Waals surface area contributed by atoms with Gasteiger partial charge in [-0.25, -0.2) is 0 Å². The van der Waals surface area contributed by atoms with E-state index in [9.17, 15) is 4.79 Å². The van der Waals surface area contributed by atoms with Gasteiger partial charge in [0, 0.05) is 29.6 Å². The summed E-state index contributed by atoms with van der Waals surface area (Å²) in [4.78, 5) is 21.9. The Kier molecular flexibility index (Phi) is 4.39. The second-order valence-corrected chi connectivity index (χ2v) is 6.29. The highest BCUT2D eigenvalue weighted by Crippen LogP contribution is 2.31. The van der Waals surface area contributed by atoms with Gasteiger partial charge in [-0.05, 0) is 52.5 Å². The first-order valence-corrected chi connectivity index (χ1v) is 8.10. The van der Waals surface area contributed by atoms with Gasteiger partial charge in [0.25, 0.3) is 5.91 Å². The minimum Gasteiger partial charge on any atom is -0.356 e. The molecule has 4 nitrogen and oxygen atoms in total. The lowest BCUT2D eigenvalue weighted by Gasteiger charge is -2.30. The van der Waals surface area contributed by atoms with E-state index in [-0.39, 0.29) is 11.9 Å². The zero-order valence-corrected chi connectivity index (χ0v) is 13.3. The Labute approximate surface area is 132 Å². The zero-order chi connectivity index (χ0) is 14.7. The number of aromatic amines is 1. The van der Waals surface area contributed by atoms with Crippen molar-refractivity contribution in [2.24, 2.45) is 0 Å². The first kappa shape index (κ1) is 14.3. The molecule has 2 aromatic rings. The van der Waals surface area contributed by atoms with Crippen LogP contribution in [0.25, 0.3) is 0 Å². The summed E-state index contributed by atoms with van der Waals surface area (Å²) < 4.78 is 0.904. The third-order valence-electron chi connectivity index (χ3n) is 3.98. The average Bonchev–Trinajstić information content (AvgIpc) is 2.81. The van der Waals surface area contributed by atoms with E-state index >= 15 is 0 Å². The van der Waals surface area contributed by atoms with Crippen molar-refractivity contribution in [1.82, 2.24) is 14.9 Å². The summed E-state index contributed by atoms with van der Waals surface area (Å²) in [6, 6.07) is 6.02. The van der Waals surface area contributed by atoms with E-state index in [0.717, 1.165) is 30.3 Å². The van der Waals surface area contributed by atoms with Crippen LogP contribution in [-0.4, -0.2) is 27.3 Å². The summed E-state index contributed by atoms with van der Waals surface area (Å²) in [6.45, 7) is 0.808. The zero-order valence-electron chi connectivity index (χ0n) is 11.8. The molecule has 3 rings (SSSR count). The number of aromatic nitrogens is 2. The molecule has 0 bridgehead atoms. The highest BCUT2D eigenvalue weighted by molar-refractivity contribution is 9.10. The van der Waals surface area contributed by atoms with Gasteiger partial charge in [-0.1, -0.05) is 12.8 Å². The van der Waals surface area contributed by atoms with Gasteiger partial charge >= 0.3 is 0 Å². The molecule has 1 saturated heterocycles. The smallest absolute Gasteiger partial charge is 0.270 e. The number of hydrogen-bond donors (Lipinski definition) is 1. The number of rotatable bonds is 2. The maximum absolute atomic E-state index is 12.8. The van der Waals surface area contributed by atoms with Crippen molar-refractivity contribution in [2.45, 2.75) is 31.7 Å². The second-order valence-electron chi connectivity index (χ2n) is 5.38. The lowest BCUT2D eigenvalue weighted by molar-refractivity contribution is 0.0675. The number of H-pyrrole nitrogens is 1. The Bertz CT molecular complexity index is 611. The molecule has 1 fully saturated rings. The quantitative estimate of drug-likeness (QED) is 0.894. The van der Waals surface area contributed by atoms with Crippen molar-refractivity contribution >= 4 is 21.8 Å². The molecule has 1 atom stereocenters. The molecule has 0 radical (unpaired) electrons. The van der Waals surface area contributed by atoms with Gasteiger partial charge in [0.15, 0.2) is 0 Å². The van der Waals surface area contributed by atoms with E-state index in [2.05, 4.69) is 25.9 Å². The topological polar surface area (TPSA) is 49.0 Å². The molecule has 0 spiro atoms. The number of carbonyl (C=O) groups is 1. The van der Waals surface area contributed by atoms with E-state index in [1.165, 1.54) is 12.0 Å². The van der Waals surface area contributed by atoms with Gasteiger partial charge < -0.3 is 9.88 Å².